The van der Waals surface area contributed by atoms with Crippen LogP contribution in [0.25, 0.3) is 0 Å². The van der Waals surface area contributed by atoms with Gasteiger partial charge in [-0.2, -0.15) is 0 Å². The van der Waals surface area contributed by atoms with Crippen LogP contribution in [-0.4, -0.2) is 35.3 Å². The van der Waals surface area contributed by atoms with Crippen molar-refractivity contribution in [2.45, 2.75) is 22.0 Å². The van der Waals surface area contributed by atoms with Crippen molar-refractivity contribution < 1.29 is 0 Å². The molecule has 0 spiro atoms. The lowest BCUT2D eigenvalue weighted by atomic mass is 10.5. The van der Waals surface area contributed by atoms with Gasteiger partial charge in [0.25, 0.3) is 0 Å². The average molecular weight is 249 g/mol. The molecule has 0 saturated carbocycles. The summed E-state index contributed by atoms with van der Waals surface area (Å²) in [6, 6.07) is 0. The first kappa shape index (κ1) is 12.3. The summed E-state index contributed by atoms with van der Waals surface area (Å²) >= 11 is 5.13. The van der Waals surface area contributed by atoms with Gasteiger partial charge < -0.3 is 5.32 Å². The van der Waals surface area contributed by atoms with E-state index in [1.54, 1.807) is 34.9 Å². The zero-order valence-electron chi connectivity index (χ0n) is 8.45. The molecule has 0 atom stereocenters. The molecule has 1 rings (SSSR count). The fraction of sp³-hybridized carbons (Fsp3) is 0.750. The molecule has 14 heavy (non-hydrogen) atoms. The summed E-state index contributed by atoms with van der Waals surface area (Å²) in [6.07, 6.45) is 3.22. The van der Waals surface area contributed by atoms with E-state index < -0.39 is 0 Å². The molecular formula is C8H15N3S3. The van der Waals surface area contributed by atoms with Gasteiger partial charge in [-0.15, -0.1) is 10.2 Å². The molecule has 0 fully saturated rings. The molecule has 0 aliphatic carbocycles. The van der Waals surface area contributed by atoms with E-state index in [-0.39, 0.29) is 0 Å². The molecule has 0 saturated heterocycles. The van der Waals surface area contributed by atoms with Gasteiger partial charge in [-0.3, -0.25) is 0 Å². The van der Waals surface area contributed by atoms with Gasteiger partial charge in [-0.1, -0.05) is 41.8 Å². The summed E-state index contributed by atoms with van der Waals surface area (Å²) in [4.78, 5) is 0. The van der Waals surface area contributed by atoms with Crippen molar-refractivity contribution in [3.63, 3.8) is 0 Å². The maximum absolute atomic E-state index is 4.10. The first-order valence-corrected chi connectivity index (χ1v) is 7.60. The van der Waals surface area contributed by atoms with Crippen LogP contribution in [0.1, 0.15) is 13.3 Å². The summed E-state index contributed by atoms with van der Waals surface area (Å²) in [7, 11) is 0. The summed E-state index contributed by atoms with van der Waals surface area (Å²) in [6.45, 7) is 4.28. The smallest absolute Gasteiger partial charge is 0.175 e. The van der Waals surface area contributed by atoms with E-state index >= 15 is 0 Å². The van der Waals surface area contributed by atoms with E-state index in [4.69, 9.17) is 0 Å². The van der Waals surface area contributed by atoms with Gasteiger partial charge in [0.2, 0.25) is 0 Å². The molecule has 0 aliphatic heterocycles. The molecule has 1 N–H and O–H groups in total. The number of nitrogens with zero attached hydrogens (tertiary/aromatic N) is 2. The fourth-order valence-corrected chi connectivity index (χ4v) is 3.32. The number of thioether (sulfide) groups is 2. The molecule has 1 aromatic rings. The molecule has 6 heteroatoms. The third-order valence-electron chi connectivity index (χ3n) is 1.54. The van der Waals surface area contributed by atoms with Crippen molar-refractivity contribution >= 4 is 34.9 Å². The van der Waals surface area contributed by atoms with Crippen LogP contribution >= 0.6 is 34.9 Å². The third kappa shape index (κ3) is 4.63. The second-order valence-corrected chi connectivity index (χ2v) is 5.97. The Morgan fingerprint density at radius 3 is 2.79 bits per heavy atom. The molecule has 3 nitrogen and oxygen atoms in total. The van der Waals surface area contributed by atoms with E-state index in [1.165, 1.54) is 6.42 Å². The molecule has 0 amide bonds. The summed E-state index contributed by atoms with van der Waals surface area (Å²) in [5.74, 6) is 1.12. The van der Waals surface area contributed by atoms with Crippen LogP contribution in [0.4, 0.5) is 0 Å². The summed E-state index contributed by atoms with van der Waals surface area (Å²) < 4.78 is 2.14. The zero-order chi connectivity index (χ0) is 10.2. The molecule has 1 heterocycles. The van der Waals surface area contributed by atoms with Gasteiger partial charge in [0.15, 0.2) is 8.68 Å². The number of aromatic nitrogens is 2. The average Bonchev–Trinajstić information content (AvgIpc) is 2.65. The van der Waals surface area contributed by atoms with Crippen LogP contribution in [0.5, 0.6) is 0 Å². The normalized spacial score (nSPS) is 10.7. The van der Waals surface area contributed by atoms with Crippen LogP contribution in [0.2, 0.25) is 0 Å². The first-order chi connectivity index (χ1) is 6.86. The third-order valence-corrected chi connectivity index (χ3v) is 4.65. The standard InChI is InChI=1S/C8H15N3S3/c1-3-9-5-4-6-13-8-11-10-7(12-2)14-8/h9H,3-6H2,1-2H3. The number of nitrogens with one attached hydrogen (secondary N) is 1. The number of hydrogen-bond donors (Lipinski definition) is 1. The number of rotatable bonds is 7. The predicted molar refractivity (Wildman–Crippen MR) is 65.6 cm³/mol. The van der Waals surface area contributed by atoms with E-state index in [9.17, 15) is 0 Å². The highest BCUT2D eigenvalue weighted by molar-refractivity contribution is 8.02. The van der Waals surface area contributed by atoms with Crippen molar-refractivity contribution in [1.82, 2.24) is 15.5 Å². The molecule has 1 aromatic heterocycles. The van der Waals surface area contributed by atoms with Crippen molar-refractivity contribution in [2.24, 2.45) is 0 Å². The maximum Gasteiger partial charge on any atom is 0.175 e. The molecule has 0 aromatic carbocycles. The van der Waals surface area contributed by atoms with Gasteiger partial charge in [-0.25, -0.2) is 0 Å². The van der Waals surface area contributed by atoms with Crippen LogP contribution in [0.3, 0.4) is 0 Å². The highest BCUT2D eigenvalue weighted by Crippen LogP contribution is 2.27. The zero-order valence-corrected chi connectivity index (χ0v) is 10.9. The summed E-state index contributed by atoms with van der Waals surface area (Å²) in [5, 5.41) is 11.4. The van der Waals surface area contributed by atoms with Gasteiger partial charge in [0.05, 0.1) is 0 Å². The van der Waals surface area contributed by atoms with Crippen molar-refractivity contribution in [2.75, 3.05) is 25.1 Å². The van der Waals surface area contributed by atoms with Gasteiger partial charge in [0, 0.05) is 5.75 Å². The van der Waals surface area contributed by atoms with Crippen molar-refractivity contribution in [3.05, 3.63) is 0 Å². The molecule has 0 bridgehead atoms. The van der Waals surface area contributed by atoms with E-state index in [0.29, 0.717) is 0 Å². The SMILES string of the molecule is CCNCCCSc1nnc(SC)s1. The van der Waals surface area contributed by atoms with Crippen molar-refractivity contribution in [1.29, 1.82) is 0 Å². The lowest BCUT2D eigenvalue weighted by molar-refractivity contribution is 0.707. The molecular weight excluding hydrogens is 234 g/mol. The Labute approximate surface area is 97.5 Å². The number of hydrogen-bond acceptors (Lipinski definition) is 6. The van der Waals surface area contributed by atoms with Crippen LogP contribution < -0.4 is 5.32 Å². The van der Waals surface area contributed by atoms with Crippen LogP contribution in [-0.2, 0) is 0 Å². The minimum atomic E-state index is 1.05. The maximum atomic E-state index is 4.10. The molecule has 0 aliphatic rings. The second-order valence-electron chi connectivity index (χ2n) is 2.59. The molecule has 80 valence electrons. The summed E-state index contributed by atoms with van der Waals surface area (Å²) in [5.41, 5.74) is 0. The minimum Gasteiger partial charge on any atom is -0.317 e. The van der Waals surface area contributed by atoms with E-state index in [1.807, 2.05) is 6.26 Å². The van der Waals surface area contributed by atoms with Crippen molar-refractivity contribution in [3.8, 4) is 0 Å². The Kier molecular flexibility index (Phi) is 6.59. The second kappa shape index (κ2) is 7.50. The lowest BCUT2D eigenvalue weighted by Crippen LogP contribution is -2.14. The topological polar surface area (TPSA) is 37.8 Å². The molecule has 0 radical (unpaired) electrons. The fourth-order valence-electron chi connectivity index (χ4n) is 0.871. The van der Waals surface area contributed by atoms with Gasteiger partial charge >= 0.3 is 0 Å². The first-order valence-electron chi connectivity index (χ1n) is 4.57. The Bertz CT molecular complexity index is 252. The monoisotopic (exact) mass is 249 g/mol. The van der Waals surface area contributed by atoms with E-state index in [0.717, 1.165) is 27.5 Å². The van der Waals surface area contributed by atoms with E-state index in [2.05, 4.69) is 22.4 Å². The minimum absolute atomic E-state index is 1.05. The predicted octanol–water partition coefficient (Wildman–Crippen LogP) is 2.35. The van der Waals surface area contributed by atoms with Gasteiger partial charge in [0.1, 0.15) is 0 Å². The van der Waals surface area contributed by atoms with Crippen LogP contribution in [0.15, 0.2) is 8.68 Å². The Morgan fingerprint density at radius 2 is 2.14 bits per heavy atom. The van der Waals surface area contributed by atoms with Crippen LogP contribution in [0, 0.1) is 0 Å². The Balaban J connectivity index is 2.12. The largest absolute Gasteiger partial charge is 0.317 e. The van der Waals surface area contributed by atoms with Gasteiger partial charge in [-0.05, 0) is 25.8 Å². The quantitative estimate of drug-likeness (QED) is 0.593. The Morgan fingerprint density at radius 1 is 1.36 bits per heavy atom. The highest BCUT2D eigenvalue weighted by Gasteiger charge is 2.02. The molecule has 0 unspecified atom stereocenters. The highest BCUT2D eigenvalue weighted by atomic mass is 32.2. The lowest BCUT2D eigenvalue weighted by Gasteiger charge is -1.98. The Hall–Kier alpha value is 0.220.